The number of carbonyl (C=O) groups is 1. The third kappa shape index (κ3) is 4.96. The summed E-state index contributed by atoms with van der Waals surface area (Å²) in [5.74, 6) is 1.49. The molecule has 9 heteroatoms. The predicted molar refractivity (Wildman–Crippen MR) is 108 cm³/mol. The second-order valence-corrected chi connectivity index (χ2v) is 7.54. The lowest BCUT2D eigenvalue weighted by molar-refractivity contribution is -0.121. The first kappa shape index (κ1) is 20.0. The molecule has 3 rings (SSSR count). The fourth-order valence-electron chi connectivity index (χ4n) is 3.74. The average Bonchev–Trinajstić information content (AvgIpc) is 3.11. The Balaban J connectivity index is 1.57. The van der Waals surface area contributed by atoms with Gasteiger partial charge in [-0.3, -0.25) is 9.89 Å². The Labute approximate surface area is 165 Å². The number of nitrogens with two attached hydrogens (primary N) is 1. The van der Waals surface area contributed by atoms with Crippen molar-refractivity contribution in [3.8, 4) is 0 Å². The number of aromatic amines is 1. The van der Waals surface area contributed by atoms with E-state index in [-0.39, 0.29) is 17.9 Å². The zero-order valence-electron chi connectivity index (χ0n) is 16.9. The smallest absolute Gasteiger partial charge is 0.239 e. The monoisotopic (exact) mass is 386 g/mol. The molecule has 0 bridgehead atoms. The molecule has 1 amide bonds. The van der Waals surface area contributed by atoms with Crippen molar-refractivity contribution in [1.29, 1.82) is 0 Å². The fraction of sp³-hybridized carbons (Fsp3) is 0.632. The minimum absolute atomic E-state index is 0.0646. The van der Waals surface area contributed by atoms with Crippen LogP contribution in [-0.2, 0) is 11.2 Å². The number of nitrogens with zero attached hydrogens (tertiary/aromatic N) is 5. The summed E-state index contributed by atoms with van der Waals surface area (Å²) in [6, 6.07) is 0.350. The van der Waals surface area contributed by atoms with Crippen molar-refractivity contribution in [2.24, 2.45) is 0 Å². The van der Waals surface area contributed by atoms with Gasteiger partial charge in [0.1, 0.15) is 5.82 Å². The van der Waals surface area contributed by atoms with Crippen LogP contribution in [0.15, 0.2) is 6.20 Å². The molecule has 1 saturated carbocycles. The molecule has 28 heavy (non-hydrogen) atoms. The summed E-state index contributed by atoms with van der Waals surface area (Å²) in [5.41, 5.74) is 7.29. The van der Waals surface area contributed by atoms with Crippen molar-refractivity contribution in [2.75, 3.05) is 17.7 Å². The summed E-state index contributed by atoms with van der Waals surface area (Å²) >= 11 is 0. The van der Waals surface area contributed by atoms with Crippen molar-refractivity contribution in [3.05, 3.63) is 23.3 Å². The normalized spacial score (nSPS) is 16.0. The van der Waals surface area contributed by atoms with Crippen LogP contribution in [0.25, 0.3) is 0 Å². The molecule has 4 N–H and O–H groups in total. The van der Waals surface area contributed by atoms with Crippen LogP contribution < -0.4 is 16.0 Å². The van der Waals surface area contributed by atoms with Crippen LogP contribution in [0.1, 0.15) is 68.6 Å². The molecule has 0 spiro atoms. The van der Waals surface area contributed by atoms with Gasteiger partial charge < -0.3 is 16.0 Å². The SMILES string of the molecule is Cc1nc(N(C)C2CCCCC2)ncc1[C@H](C)NC(=O)CCc1nc(N)n[nH]1. The van der Waals surface area contributed by atoms with Gasteiger partial charge in [-0.15, -0.1) is 5.10 Å². The van der Waals surface area contributed by atoms with Crippen molar-refractivity contribution in [2.45, 2.75) is 70.9 Å². The van der Waals surface area contributed by atoms with Crippen LogP contribution in [0.2, 0.25) is 0 Å². The molecule has 2 aromatic heterocycles. The van der Waals surface area contributed by atoms with E-state index in [4.69, 9.17) is 10.7 Å². The van der Waals surface area contributed by atoms with E-state index in [9.17, 15) is 4.79 Å². The Bertz CT molecular complexity index is 799. The molecule has 1 fully saturated rings. The standard InChI is InChI=1S/C19H30N8O/c1-12(22-17(28)10-9-16-24-18(20)26-25-16)15-11-21-19(23-13(15)2)27(3)14-7-5-4-6-8-14/h11-12,14H,4-10H2,1-3H3,(H,22,28)(H3,20,24,25,26)/t12-/m0/s1. The van der Waals surface area contributed by atoms with E-state index in [1.165, 1.54) is 32.1 Å². The predicted octanol–water partition coefficient (Wildman–Crippen LogP) is 2.06. The van der Waals surface area contributed by atoms with Gasteiger partial charge in [0.15, 0.2) is 0 Å². The molecule has 2 heterocycles. The fourth-order valence-corrected chi connectivity index (χ4v) is 3.74. The largest absolute Gasteiger partial charge is 0.367 e. The minimum atomic E-state index is -0.165. The highest BCUT2D eigenvalue weighted by Crippen LogP contribution is 2.25. The Hall–Kier alpha value is -2.71. The van der Waals surface area contributed by atoms with Gasteiger partial charge in [0, 0.05) is 43.4 Å². The van der Waals surface area contributed by atoms with Crippen LogP contribution in [0.5, 0.6) is 0 Å². The van der Waals surface area contributed by atoms with Crippen LogP contribution >= 0.6 is 0 Å². The quantitative estimate of drug-likeness (QED) is 0.665. The maximum Gasteiger partial charge on any atom is 0.239 e. The van der Waals surface area contributed by atoms with Gasteiger partial charge in [-0.1, -0.05) is 19.3 Å². The molecule has 0 saturated heterocycles. The van der Waals surface area contributed by atoms with E-state index in [0.29, 0.717) is 24.7 Å². The molecule has 9 nitrogen and oxygen atoms in total. The number of nitrogen functional groups attached to an aromatic ring is 1. The van der Waals surface area contributed by atoms with Gasteiger partial charge in [0.2, 0.25) is 17.8 Å². The van der Waals surface area contributed by atoms with E-state index >= 15 is 0 Å². The number of nitrogens with one attached hydrogen (secondary N) is 2. The molecule has 2 aromatic rings. The zero-order chi connectivity index (χ0) is 20.1. The molecule has 0 aliphatic heterocycles. The summed E-state index contributed by atoms with van der Waals surface area (Å²) in [5, 5.41) is 9.47. The number of hydrogen-bond donors (Lipinski definition) is 3. The Kier molecular flexibility index (Phi) is 6.43. The summed E-state index contributed by atoms with van der Waals surface area (Å²) in [7, 11) is 2.08. The van der Waals surface area contributed by atoms with E-state index in [0.717, 1.165) is 17.2 Å². The van der Waals surface area contributed by atoms with Crippen molar-refractivity contribution < 1.29 is 4.79 Å². The summed E-state index contributed by atoms with van der Waals surface area (Å²) < 4.78 is 0. The molecule has 0 aromatic carbocycles. The number of H-pyrrole nitrogens is 1. The maximum atomic E-state index is 12.2. The highest BCUT2D eigenvalue weighted by molar-refractivity contribution is 5.76. The molecule has 0 unspecified atom stereocenters. The van der Waals surface area contributed by atoms with Gasteiger partial charge in [-0.2, -0.15) is 4.98 Å². The summed E-state index contributed by atoms with van der Waals surface area (Å²) in [6.45, 7) is 3.91. The first-order chi connectivity index (χ1) is 13.4. The minimum Gasteiger partial charge on any atom is -0.367 e. The number of aryl methyl sites for hydroxylation is 2. The van der Waals surface area contributed by atoms with Crippen molar-refractivity contribution in [1.82, 2.24) is 30.5 Å². The Morgan fingerprint density at radius 1 is 1.36 bits per heavy atom. The van der Waals surface area contributed by atoms with Crippen LogP contribution in [0.3, 0.4) is 0 Å². The van der Waals surface area contributed by atoms with Crippen molar-refractivity contribution in [3.63, 3.8) is 0 Å². The van der Waals surface area contributed by atoms with Crippen LogP contribution in [0.4, 0.5) is 11.9 Å². The molecular weight excluding hydrogens is 356 g/mol. The molecular formula is C19H30N8O. The van der Waals surface area contributed by atoms with E-state index in [1.807, 2.05) is 20.0 Å². The highest BCUT2D eigenvalue weighted by atomic mass is 16.1. The van der Waals surface area contributed by atoms with Gasteiger partial charge in [0.05, 0.1) is 6.04 Å². The van der Waals surface area contributed by atoms with Crippen LogP contribution in [-0.4, -0.2) is 44.1 Å². The van der Waals surface area contributed by atoms with E-state index in [1.54, 1.807) is 0 Å². The number of aromatic nitrogens is 5. The Morgan fingerprint density at radius 2 is 2.11 bits per heavy atom. The number of amides is 1. The lowest BCUT2D eigenvalue weighted by Crippen LogP contribution is -2.35. The summed E-state index contributed by atoms with van der Waals surface area (Å²) in [6.07, 6.45) is 8.87. The second-order valence-electron chi connectivity index (χ2n) is 7.54. The topological polar surface area (TPSA) is 126 Å². The lowest BCUT2D eigenvalue weighted by atomic mass is 9.95. The molecule has 0 radical (unpaired) electrons. The molecule has 1 aliphatic carbocycles. The first-order valence-corrected chi connectivity index (χ1v) is 9.96. The number of rotatable bonds is 7. The number of carbonyl (C=O) groups excluding carboxylic acids is 1. The zero-order valence-corrected chi connectivity index (χ0v) is 16.9. The average molecular weight is 387 g/mol. The maximum absolute atomic E-state index is 12.2. The van der Waals surface area contributed by atoms with Gasteiger partial charge >= 0.3 is 0 Å². The highest BCUT2D eigenvalue weighted by Gasteiger charge is 2.21. The lowest BCUT2D eigenvalue weighted by Gasteiger charge is -2.31. The third-order valence-corrected chi connectivity index (χ3v) is 5.42. The van der Waals surface area contributed by atoms with Gasteiger partial charge in [0.25, 0.3) is 0 Å². The third-order valence-electron chi connectivity index (χ3n) is 5.42. The molecule has 152 valence electrons. The Morgan fingerprint density at radius 3 is 2.75 bits per heavy atom. The van der Waals surface area contributed by atoms with E-state index in [2.05, 4.69) is 37.4 Å². The number of anilines is 2. The van der Waals surface area contributed by atoms with Gasteiger partial charge in [-0.05, 0) is 26.7 Å². The van der Waals surface area contributed by atoms with Crippen molar-refractivity contribution >= 4 is 17.8 Å². The van der Waals surface area contributed by atoms with E-state index < -0.39 is 0 Å². The molecule has 1 aliphatic rings. The number of hydrogen-bond acceptors (Lipinski definition) is 7. The molecule has 1 atom stereocenters. The second kappa shape index (κ2) is 8.99. The van der Waals surface area contributed by atoms with Gasteiger partial charge in [-0.25, -0.2) is 9.97 Å². The van der Waals surface area contributed by atoms with Crippen LogP contribution in [0, 0.1) is 6.92 Å². The first-order valence-electron chi connectivity index (χ1n) is 9.96. The summed E-state index contributed by atoms with van der Waals surface area (Å²) in [4.78, 5) is 27.7.